The van der Waals surface area contributed by atoms with E-state index in [4.69, 9.17) is 4.74 Å². The maximum atomic E-state index is 11.9. The molecule has 0 aliphatic heterocycles. The predicted molar refractivity (Wildman–Crippen MR) is 89.4 cm³/mol. The molecule has 0 spiro atoms. The first-order chi connectivity index (χ1) is 9.82. The van der Waals surface area contributed by atoms with Gasteiger partial charge in [0.25, 0.3) is 0 Å². The molecule has 2 aromatic rings. The number of aromatic nitrogens is 2. The number of imidazole rings is 1. The van der Waals surface area contributed by atoms with Crippen molar-refractivity contribution in [2.45, 2.75) is 39.6 Å². The lowest BCUT2D eigenvalue weighted by Gasteiger charge is -2.17. The highest BCUT2D eigenvalue weighted by molar-refractivity contribution is 9.10. The fraction of sp³-hybridized carbons (Fsp3) is 0.467. The van der Waals surface area contributed by atoms with Crippen LogP contribution in [0.4, 0.5) is 0 Å². The summed E-state index contributed by atoms with van der Waals surface area (Å²) >= 11 is 5.09. The molecule has 0 aliphatic carbocycles. The molecular formula is C15H19BrN2O2S. The van der Waals surface area contributed by atoms with E-state index in [0.29, 0.717) is 0 Å². The van der Waals surface area contributed by atoms with Gasteiger partial charge >= 0.3 is 5.97 Å². The Morgan fingerprint density at radius 3 is 2.76 bits per heavy atom. The average molecular weight is 371 g/mol. The maximum absolute atomic E-state index is 11.9. The van der Waals surface area contributed by atoms with Gasteiger partial charge in [0, 0.05) is 4.47 Å². The molecular weight excluding hydrogens is 352 g/mol. The number of hydrogen-bond acceptors (Lipinski definition) is 4. The van der Waals surface area contributed by atoms with E-state index in [1.165, 1.54) is 0 Å². The van der Waals surface area contributed by atoms with Crippen molar-refractivity contribution in [2.24, 2.45) is 5.41 Å². The summed E-state index contributed by atoms with van der Waals surface area (Å²) in [5, 5.41) is 0.868. The van der Waals surface area contributed by atoms with Crippen LogP contribution in [0.2, 0.25) is 0 Å². The standard InChI is InChI=1S/C15H19BrN2O2S/c1-5-21-14-17-11-8-10(16)6-7-12(11)18(14)9-20-13(19)15(2,3)4/h6-8H,5,9H2,1-4H3. The van der Waals surface area contributed by atoms with Gasteiger partial charge in [-0.15, -0.1) is 0 Å². The second-order valence-electron chi connectivity index (χ2n) is 5.70. The molecule has 1 aromatic carbocycles. The van der Waals surface area contributed by atoms with Crippen molar-refractivity contribution in [3.63, 3.8) is 0 Å². The van der Waals surface area contributed by atoms with Crippen LogP contribution in [-0.4, -0.2) is 21.3 Å². The summed E-state index contributed by atoms with van der Waals surface area (Å²) in [6.07, 6.45) is 0. The van der Waals surface area contributed by atoms with E-state index < -0.39 is 5.41 Å². The number of hydrogen-bond donors (Lipinski definition) is 0. The van der Waals surface area contributed by atoms with Gasteiger partial charge in [-0.2, -0.15) is 0 Å². The lowest BCUT2D eigenvalue weighted by atomic mass is 9.98. The number of benzene rings is 1. The molecule has 0 N–H and O–H groups in total. The molecule has 2 rings (SSSR count). The molecule has 0 bridgehead atoms. The lowest BCUT2D eigenvalue weighted by molar-refractivity contribution is -0.157. The molecule has 0 fully saturated rings. The van der Waals surface area contributed by atoms with Crippen molar-refractivity contribution in [3.8, 4) is 0 Å². The highest BCUT2D eigenvalue weighted by Crippen LogP contribution is 2.27. The number of rotatable bonds is 4. The largest absolute Gasteiger partial charge is 0.443 e. The Bertz CT molecular complexity index is 661. The topological polar surface area (TPSA) is 44.1 Å². The Balaban J connectivity index is 2.32. The molecule has 0 saturated carbocycles. The molecule has 0 saturated heterocycles. The van der Waals surface area contributed by atoms with Crippen LogP contribution in [0.5, 0.6) is 0 Å². The Labute approximate surface area is 137 Å². The fourth-order valence-electron chi connectivity index (χ4n) is 1.78. The van der Waals surface area contributed by atoms with E-state index in [0.717, 1.165) is 26.4 Å². The van der Waals surface area contributed by atoms with E-state index in [1.54, 1.807) is 11.8 Å². The number of carbonyl (C=O) groups is 1. The van der Waals surface area contributed by atoms with E-state index in [2.05, 4.69) is 27.8 Å². The number of halogens is 1. The molecule has 6 heteroatoms. The first-order valence-corrected chi connectivity index (χ1v) is 8.56. The molecule has 1 aromatic heterocycles. The molecule has 114 valence electrons. The Hall–Kier alpha value is -1.01. The van der Waals surface area contributed by atoms with Gasteiger partial charge in [0.05, 0.1) is 16.4 Å². The van der Waals surface area contributed by atoms with Crippen LogP contribution in [0, 0.1) is 5.41 Å². The number of thioether (sulfide) groups is 1. The number of nitrogens with zero attached hydrogens (tertiary/aromatic N) is 2. The van der Waals surface area contributed by atoms with Crippen LogP contribution in [0.25, 0.3) is 11.0 Å². The highest BCUT2D eigenvalue weighted by Gasteiger charge is 2.23. The van der Waals surface area contributed by atoms with Crippen LogP contribution in [-0.2, 0) is 16.3 Å². The zero-order valence-electron chi connectivity index (χ0n) is 12.6. The maximum Gasteiger partial charge on any atom is 0.312 e. The molecule has 0 radical (unpaired) electrons. The average Bonchev–Trinajstić information content (AvgIpc) is 2.71. The van der Waals surface area contributed by atoms with E-state index in [-0.39, 0.29) is 12.7 Å². The van der Waals surface area contributed by atoms with Gasteiger partial charge in [-0.1, -0.05) is 34.6 Å². The SMILES string of the molecule is CCSc1nc2cc(Br)ccc2n1COC(=O)C(C)(C)C. The smallest absolute Gasteiger partial charge is 0.312 e. The zero-order chi connectivity index (χ0) is 15.6. The van der Waals surface area contributed by atoms with Gasteiger partial charge in [0.1, 0.15) is 0 Å². The number of ether oxygens (including phenoxy) is 1. The van der Waals surface area contributed by atoms with Crippen molar-refractivity contribution >= 4 is 44.7 Å². The molecule has 0 aliphatic rings. The zero-order valence-corrected chi connectivity index (χ0v) is 15.0. The fourth-order valence-corrected chi connectivity index (χ4v) is 2.86. The number of fused-ring (bicyclic) bond motifs is 1. The second-order valence-corrected chi connectivity index (χ2v) is 7.85. The number of esters is 1. The molecule has 0 amide bonds. The van der Waals surface area contributed by atoms with Gasteiger partial charge in [-0.05, 0) is 44.7 Å². The van der Waals surface area contributed by atoms with Crippen molar-refractivity contribution in [1.29, 1.82) is 0 Å². The van der Waals surface area contributed by atoms with Crippen molar-refractivity contribution in [1.82, 2.24) is 9.55 Å². The first kappa shape index (κ1) is 16.4. The van der Waals surface area contributed by atoms with Crippen LogP contribution in [0.3, 0.4) is 0 Å². The summed E-state index contributed by atoms with van der Waals surface area (Å²) in [7, 11) is 0. The van der Waals surface area contributed by atoms with Crippen molar-refractivity contribution in [3.05, 3.63) is 22.7 Å². The van der Waals surface area contributed by atoms with Gasteiger partial charge in [0.2, 0.25) is 0 Å². The summed E-state index contributed by atoms with van der Waals surface area (Å²) in [6, 6.07) is 5.92. The monoisotopic (exact) mass is 370 g/mol. The Kier molecular flexibility index (Phi) is 4.99. The third kappa shape index (κ3) is 3.80. The predicted octanol–water partition coefficient (Wildman–Crippen LogP) is 4.46. The molecule has 1 heterocycles. The normalized spacial score (nSPS) is 11.9. The molecule has 4 nitrogen and oxygen atoms in total. The van der Waals surface area contributed by atoms with E-state index in [1.807, 2.05) is 43.5 Å². The third-order valence-electron chi connectivity index (χ3n) is 2.89. The van der Waals surface area contributed by atoms with Gasteiger partial charge in [-0.3, -0.25) is 9.36 Å². The first-order valence-electron chi connectivity index (χ1n) is 6.78. The molecule has 21 heavy (non-hydrogen) atoms. The Morgan fingerprint density at radius 2 is 2.14 bits per heavy atom. The lowest BCUT2D eigenvalue weighted by Crippen LogP contribution is -2.24. The summed E-state index contributed by atoms with van der Waals surface area (Å²) < 4.78 is 8.36. The molecule has 0 atom stereocenters. The quantitative estimate of drug-likeness (QED) is 0.588. The van der Waals surface area contributed by atoms with Crippen LogP contribution >= 0.6 is 27.7 Å². The van der Waals surface area contributed by atoms with Crippen molar-refractivity contribution < 1.29 is 9.53 Å². The Morgan fingerprint density at radius 1 is 1.43 bits per heavy atom. The van der Waals surface area contributed by atoms with E-state index >= 15 is 0 Å². The van der Waals surface area contributed by atoms with Crippen LogP contribution in [0.15, 0.2) is 27.8 Å². The minimum atomic E-state index is -0.503. The minimum Gasteiger partial charge on any atom is -0.443 e. The summed E-state index contributed by atoms with van der Waals surface area (Å²) in [6.45, 7) is 7.81. The summed E-state index contributed by atoms with van der Waals surface area (Å²) in [4.78, 5) is 16.6. The molecule has 0 unspecified atom stereocenters. The number of carbonyl (C=O) groups excluding carboxylic acids is 1. The van der Waals surface area contributed by atoms with Crippen LogP contribution in [0.1, 0.15) is 27.7 Å². The summed E-state index contributed by atoms with van der Waals surface area (Å²) in [5.74, 6) is 0.700. The second kappa shape index (κ2) is 6.40. The highest BCUT2D eigenvalue weighted by atomic mass is 79.9. The summed E-state index contributed by atoms with van der Waals surface area (Å²) in [5.41, 5.74) is 1.36. The van der Waals surface area contributed by atoms with E-state index in [9.17, 15) is 4.79 Å². The van der Waals surface area contributed by atoms with Gasteiger partial charge < -0.3 is 4.74 Å². The third-order valence-corrected chi connectivity index (χ3v) is 4.24. The minimum absolute atomic E-state index is 0.191. The van der Waals surface area contributed by atoms with Crippen molar-refractivity contribution in [2.75, 3.05) is 5.75 Å². The van der Waals surface area contributed by atoms with Gasteiger partial charge in [-0.25, -0.2) is 4.98 Å². The van der Waals surface area contributed by atoms with Gasteiger partial charge in [0.15, 0.2) is 11.9 Å². The van der Waals surface area contributed by atoms with Crippen LogP contribution < -0.4 is 0 Å².